The number of hydrogen-bond donors (Lipinski definition) is 0. The average Bonchev–Trinajstić information content (AvgIpc) is 3.21. The van der Waals surface area contributed by atoms with Crippen molar-refractivity contribution in [2.75, 3.05) is 6.61 Å². The number of aryl methyl sites for hydroxylation is 2. The fourth-order valence-corrected chi connectivity index (χ4v) is 4.87. The lowest BCUT2D eigenvalue weighted by Crippen LogP contribution is -2.01. The molecule has 0 unspecified atom stereocenters. The molecule has 0 fully saturated rings. The van der Waals surface area contributed by atoms with Gasteiger partial charge in [0.2, 0.25) is 5.78 Å². The first-order chi connectivity index (χ1) is 13.1. The predicted octanol–water partition coefficient (Wildman–Crippen LogP) is 5.81. The summed E-state index contributed by atoms with van der Waals surface area (Å²) in [5, 5.41) is 0. The third-order valence-electron chi connectivity index (χ3n) is 4.62. The largest absolute Gasteiger partial charge is 0.494 e. The van der Waals surface area contributed by atoms with Crippen LogP contribution in [0.4, 0.5) is 0 Å². The normalized spacial score (nSPS) is 13.2. The van der Waals surface area contributed by atoms with E-state index >= 15 is 0 Å². The second kappa shape index (κ2) is 7.79. The van der Waals surface area contributed by atoms with Crippen LogP contribution >= 0.6 is 27.3 Å². The van der Waals surface area contributed by atoms with Crippen molar-refractivity contribution in [1.29, 1.82) is 0 Å². The molecule has 5 heteroatoms. The van der Waals surface area contributed by atoms with E-state index in [1.807, 2.05) is 36.7 Å². The Kier molecular flexibility index (Phi) is 5.23. The quantitative estimate of drug-likeness (QED) is 0.454. The number of Topliss-reactive ketones (excluding diaryl/α,β-unsaturated/α-hetero) is 1. The number of aromatic nitrogens is 1. The SMILES string of the molecule is Cc1ncsc1C1=C(Br)C(=O)c2cc(OCCCc3ccccc3)ccc21. The number of halogens is 1. The monoisotopic (exact) mass is 439 g/mol. The van der Waals surface area contributed by atoms with Gasteiger partial charge in [-0.1, -0.05) is 30.3 Å². The molecule has 1 aromatic heterocycles. The molecule has 0 bridgehead atoms. The van der Waals surface area contributed by atoms with Crippen molar-refractivity contribution >= 4 is 38.6 Å². The maximum atomic E-state index is 12.7. The molecule has 3 aromatic rings. The second-order valence-corrected chi connectivity index (χ2v) is 8.08. The van der Waals surface area contributed by atoms with E-state index < -0.39 is 0 Å². The zero-order valence-electron chi connectivity index (χ0n) is 14.9. The lowest BCUT2D eigenvalue weighted by atomic mass is 10.0. The Morgan fingerprint density at radius 1 is 1.11 bits per heavy atom. The molecular weight excluding hydrogens is 422 g/mol. The number of hydrogen-bond acceptors (Lipinski definition) is 4. The molecule has 136 valence electrons. The van der Waals surface area contributed by atoms with E-state index in [9.17, 15) is 4.79 Å². The average molecular weight is 440 g/mol. The smallest absolute Gasteiger partial charge is 0.201 e. The third kappa shape index (κ3) is 3.62. The lowest BCUT2D eigenvalue weighted by Gasteiger charge is -2.09. The van der Waals surface area contributed by atoms with E-state index in [0.717, 1.165) is 40.3 Å². The summed E-state index contributed by atoms with van der Waals surface area (Å²) in [5.41, 5.74) is 6.62. The van der Waals surface area contributed by atoms with E-state index in [1.54, 1.807) is 11.3 Å². The van der Waals surface area contributed by atoms with Gasteiger partial charge in [0.25, 0.3) is 0 Å². The number of nitrogens with zero attached hydrogens (tertiary/aromatic N) is 1. The minimum atomic E-state index is 0.00235. The Bertz CT molecular complexity index is 1020. The Morgan fingerprint density at radius 3 is 2.67 bits per heavy atom. The summed E-state index contributed by atoms with van der Waals surface area (Å²) in [4.78, 5) is 18.1. The van der Waals surface area contributed by atoms with Gasteiger partial charge in [0.15, 0.2) is 0 Å². The Labute approximate surface area is 170 Å². The van der Waals surface area contributed by atoms with Crippen LogP contribution in [-0.2, 0) is 6.42 Å². The van der Waals surface area contributed by atoms with Crippen LogP contribution in [0.1, 0.15) is 38.5 Å². The molecule has 0 amide bonds. The standard InChI is InChI=1S/C22H18BrNO2S/c1-14-22(27-13-24-14)19-17-10-9-16(12-18(17)21(25)20(19)23)26-11-5-8-15-6-3-2-4-7-15/h2-4,6-7,9-10,12-13H,5,8,11H2,1H3. The Balaban J connectivity index is 1.47. The highest BCUT2D eigenvalue weighted by molar-refractivity contribution is 9.12. The first-order valence-electron chi connectivity index (χ1n) is 8.81. The van der Waals surface area contributed by atoms with Gasteiger partial charge < -0.3 is 4.74 Å². The van der Waals surface area contributed by atoms with Crippen molar-refractivity contribution < 1.29 is 9.53 Å². The van der Waals surface area contributed by atoms with Crippen molar-refractivity contribution in [3.63, 3.8) is 0 Å². The molecular formula is C22H18BrNO2S. The fraction of sp³-hybridized carbons (Fsp3) is 0.182. The highest BCUT2D eigenvalue weighted by Crippen LogP contribution is 2.43. The summed E-state index contributed by atoms with van der Waals surface area (Å²) in [6.45, 7) is 2.59. The fourth-order valence-electron chi connectivity index (χ4n) is 3.24. The molecule has 0 radical (unpaired) electrons. The maximum absolute atomic E-state index is 12.7. The van der Waals surface area contributed by atoms with E-state index in [2.05, 4.69) is 45.2 Å². The lowest BCUT2D eigenvalue weighted by molar-refractivity contribution is 0.104. The Morgan fingerprint density at radius 2 is 1.93 bits per heavy atom. The molecule has 0 aliphatic heterocycles. The van der Waals surface area contributed by atoms with Crippen molar-refractivity contribution in [2.24, 2.45) is 0 Å². The number of thiazole rings is 1. The van der Waals surface area contributed by atoms with Crippen molar-refractivity contribution in [2.45, 2.75) is 19.8 Å². The molecule has 3 nitrogen and oxygen atoms in total. The van der Waals surface area contributed by atoms with E-state index in [1.165, 1.54) is 5.56 Å². The topological polar surface area (TPSA) is 39.2 Å². The zero-order valence-corrected chi connectivity index (χ0v) is 17.3. The Hall–Kier alpha value is -2.24. The maximum Gasteiger partial charge on any atom is 0.201 e. The van der Waals surface area contributed by atoms with Crippen LogP contribution in [0.15, 0.2) is 58.5 Å². The number of carbonyl (C=O) groups excluding carboxylic acids is 1. The van der Waals surface area contributed by atoms with Crippen molar-refractivity contribution in [3.05, 3.63) is 85.8 Å². The summed E-state index contributed by atoms with van der Waals surface area (Å²) in [7, 11) is 0. The van der Waals surface area contributed by atoms with Crippen molar-refractivity contribution in [3.8, 4) is 5.75 Å². The van der Waals surface area contributed by atoms with Gasteiger partial charge in [-0.15, -0.1) is 11.3 Å². The summed E-state index contributed by atoms with van der Waals surface area (Å²) in [5.74, 6) is 0.736. The highest BCUT2D eigenvalue weighted by Gasteiger charge is 2.31. The van der Waals surface area contributed by atoms with Crippen LogP contribution in [0.5, 0.6) is 5.75 Å². The molecule has 0 saturated heterocycles. The number of benzene rings is 2. The number of ketones is 1. The molecule has 0 N–H and O–H groups in total. The second-order valence-electron chi connectivity index (χ2n) is 6.43. The third-order valence-corrected chi connectivity index (χ3v) is 6.32. The molecule has 1 aliphatic rings. The van der Waals surface area contributed by atoms with Crippen molar-refractivity contribution in [1.82, 2.24) is 4.98 Å². The predicted molar refractivity (Wildman–Crippen MR) is 113 cm³/mol. The number of carbonyl (C=O) groups is 1. The van der Waals surface area contributed by atoms with Gasteiger partial charge in [-0.25, -0.2) is 4.98 Å². The molecule has 0 atom stereocenters. The molecule has 4 rings (SSSR count). The first-order valence-corrected chi connectivity index (χ1v) is 10.5. The molecule has 27 heavy (non-hydrogen) atoms. The summed E-state index contributed by atoms with van der Waals surface area (Å²) in [6.07, 6.45) is 1.91. The van der Waals surface area contributed by atoms with Crippen LogP contribution in [-0.4, -0.2) is 17.4 Å². The van der Waals surface area contributed by atoms with Crippen LogP contribution in [0.3, 0.4) is 0 Å². The molecule has 1 heterocycles. The molecule has 0 spiro atoms. The van der Waals surface area contributed by atoms with Gasteiger partial charge in [0.05, 0.1) is 27.2 Å². The van der Waals surface area contributed by atoms with Gasteiger partial charge in [-0.3, -0.25) is 4.79 Å². The summed E-state index contributed by atoms with van der Waals surface area (Å²) in [6, 6.07) is 16.1. The van der Waals surface area contributed by atoms with Gasteiger partial charge in [-0.05, 0) is 65.0 Å². The number of allylic oxidation sites excluding steroid dienone is 1. The van der Waals surface area contributed by atoms with Crippen LogP contribution in [0.2, 0.25) is 0 Å². The van der Waals surface area contributed by atoms with Crippen LogP contribution < -0.4 is 4.74 Å². The van der Waals surface area contributed by atoms with Gasteiger partial charge in [0, 0.05) is 11.1 Å². The highest BCUT2D eigenvalue weighted by atomic mass is 79.9. The summed E-state index contributed by atoms with van der Waals surface area (Å²) >= 11 is 5.04. The van der Waals surface area contributed by atoms with E-state index in [4.69, 9.17) is 4.74 Å². The summed E-state index contributed by atoms with van der Waals surface area (Å²) < 4.78 is 6.49. The number of ether oxygens (including phenoxy) is 1. The van der Waals surface area contributed by atoms with Gasteiger partial charge >= 0.3 is 0 Å². The van der Waals surface area contributed by atoms with Gasteiger partial charge in [-0.2, -0.15) is 0 Å². The van der Waals surface area contributed by atoms with Gasteiger partial charge in [0.1, 0.15) is 5.75 Å². The van der Waals surface area contributed by atoms with E-state index in [-0.39, 0.29) is 5.78 Å². The minimum Gasteiger partial charge on any atom is -0.494 e. The van der Waals surface area contributed by atoms with Crippen LogP contribution in [0.25, 0.3) is 5.57 Å². The minimum absolute atomic E-state index is 0.00235. The first kappa shape index (κ1) is 18.1. The number of rotatable bonds is 6. The van der Waals surface area contributed by atoms with E-state index in [0.29, 0.717) is 16.7 Å². The molecule has 1 aliphatic carbocycles. The number of fused-ring (bicyclic) bond motifs is 1. The molecule has 0 saturated carbocycles. The molecule has 2 aromatic carbocycles. The zero-order chi connectivity index (χ0) is 18.8. The van der Waals surface area contributed by atoms with Crippen LogP contribution in [0, 0.1) is 6.92 Å².